The highest BCUT2D eigenvalue weighted by molar-refractivity contribution is 8.04. The van der Waals surface area contributed by atoms with Gasteiger partial charge in [-0.15, -0.1) is 0 Å². The van der Waals surface area contributed by atoms with Crippen LogP contribution < -0.4 is 0 Å². The topological polar surface area (TPSA) is 109 Å². The van der Waals surface area contributed by atoms with Gasteiger partial charge in [0.05, 0.1) is 10.9 Å². The predicted molar refractivity (Wildman–Crippen MR) is 104 cm³/mol. The molecule has 1 aromatic carbocycles. The SMILES string of the molecule is Cc1ccc(S(=O)(=O)N2CC(N(S(=O)(=O)C(F)(F)F)S(=O)(=O)C(F)(F)F)CC(C)(C)C2)cc1. The van der Waals surface area contributed by atoms with Crippen LogP contribution in [0.5, 0.6) is 0 Å². The van der Waals surface area contributed by atoms with E-state index in [4.69, 9.17) is 0 Å². The third kappa shape index (κ3) is 5.31. The van der Waals surface area contributed by atoms with Crippen molar-refractivity contribution in [1.82, 2.24) is 8.02 Å². The van der Waals surface area contributed by atoms with Crippen molar-refractivity contribution < 1.29 is 51.6 Å². The molecule has 190 valence electrons. The number of nitrogens with zero attached hydrogens (tertiary/aromatic N) is 2. The van der Waals surface area contributed by atoms with E-state index < -0.39 is 75.8 Å². The Kier molecular flexibility index (Phi) is 7.04. The summed E-state index contributed by atoms with van der Waals surface area (Å²) in [6, 6.07) is 2.59. The first-order chi connectivity index (χ1) is 14.5. The van der Waals surface area contributed by atoms with Crippen LogP contribution in [0.25, 0.3) is 0 Å². The van der Waals surface area contributed by atoms with Crippen molar-refractivity contribution in [3.8, 4) is 0 Å². The first-order valence-corrected chi connectivity index (χ1v) is 13.3. The molecule has 8 nitrogen and oxygen atoms in total. The molecule has 2 rings (SSSR count). The number of hydrogen-bond donors (Lipinski definition) is 0. The van der Waals surface area contributed by atoms with Gasteiger partial charge in [0, 0.05) is 13.1 Å². The lowest BCUT2D eigenvalue weighted by Crippen LogP contribution is -2.61. The molecule has 0 spiro atoms. The first kappa shape index (κ1) is 27.8. The molecule has 1 fully saturated rings. The summed E-state index contributed by atoms with van der Waals surface area (Å²) in [7, 11) is -18.7. The Balaban J connectivity index is 2.68. The maximum atomic E-state index is 13.2. The molecule has 1 aliphatic heterocycles. The molecule has 17 heteroatoms. The second-order valence-corrected chi connectivity index (χ2v) is 14.0. The van der Waals surface area contributed by atoms with Gasteiger partial charge in [0.2, 0.25) is 10.0 Å². The Morgan fingerprint density at radius 3 is 1.70 bits per heavy atom. The van der Waals surface area contributed by atoms with E-state index in [0.29, 0.717) is 9.87 Å². The second-order valence-electron chi connectivity index (χ2n) is 8.26. The highest BCUT2D eigenvalue weighted by atomic mass is 32.3. The lowest BCUT2D eigenvalue weighted by Gasteiger charge is -2.44. The predicted octanol–water partition coefficient (Wildman–Crippen LogP) is 2.79. The van der Waals surface area contributed by atoms with E-state index in [-0.39, 0.29) is 4.90 Å². The molecule has 33 heavy (non-hydrogen) atoms. The zero-order valence-electron chi connectivity index (χ0n) is 17.3. The van der Waals surface area contributed by atoms with Crippen molar-refractivity contribution in [3.63, 3.8) is 0 Å². The minimum Gasteiger partial charge on any atom is -0.207 e. The van der Waals surface area contributed by atoms with Crippen LogP contribution in [-0.4, -0.2) is 63.4 Å². The normalized spacial score (nSPS) is 21.3. The van der Waals surface area contributed by atoms with Crippen LogP contribution in [0.1, 0.15) is 25.8 Å². The maximum absolute atomic E-state index is 13.2. The lowest BCUT2D eigenvalue weighted by atomic mass is 9.83. The van der Waals surface area contributed by atoms with Gasteiger partial charge in [0.15, 0.2) is 0 Å². The Morgan fingerprint density at radius 1 is 0.879 bits per heavy atom. The monoisotopic (exact) mass is 546 g/mol. The van der Waals surface area contributed by atoms with Crippen LogP contribution in [0.3, 0.4) is 0 Å². The highest BCUT2D eigenvalue weighted by Gasteiger charge is 2.64. The van der Waals surface area contributed by atoms with E-state index in [1.165, 1.54) is 26.0 Å². The quantitative estimate of drug-likeness (QED) is 0.526. The molecule has 1 aliphatic rings. The van der Waals surface area contributed by atoms with Gasteiger partial charge >= 0.3 is 31.1 Å². The zero-order valence-corrected chi connectivity index (χ0v) is 19.8. The third-order valence-electron chi connectivity index (χ3n) is 4.82. The Hall–Kier alpha value is -1.43. The summed E-state index contributed by atoms with van der Waals surface area (Å²) in [6.45, 7) is 2.50. The lowest BCUT2D eigenvalue weighted by molar-refractivity contribution is -0.0559. The summed E-state index contributed by atoms with van der Waals surface area (Å²) in [6.07, 6.45) is -0.794. The Labute approximate surface area is 187 Å². The standard InChI is InChI=1S/C16H20F6N2O6S3/c1-11-4-6-13(7-5-11)31(25,26)23-9-12(8-14(2,3)10-23)24(32(27,28)15(17,18)19)33(29,30)16(20,21)22/h4-7,12H,8-10H2,1-3H3. The van der Waals surface area contributed by atoms with E-state index in [1.54, 1.807) is 6.92 Å². The van der Waals surface area contributed by atoms with Crippen LogP contribution >= 0.6 is 0 Å². The fourth-order valence-corrected chi connectivity index (χ4v) is 8.14. The molecule has 0 aromatic heterocycles. The maximum Gasteiger partial charge on any atom is 0.512 e. The van der Waals surface area contributed by atoms with Crippen molar-refractivity contribution in [2.45, 2.75) is 49.1 Å². The van der Waals surface area contributed by atoms with E-state index >= 15 is 0 Å². The van der Waals surface area contributed by atoms with Gasteiger partial charge < -0.3 is 0 Å². The number of aryl methyl sites for hydroxylation is 1. The minimum absolute atomic E-state index is 0.353. The number of halogens is 6. The molecule has 1 unspecified atom stereocenters. The van der Waals surface area contributed by atoms with E-state index in [2.05, 4.69) is 0 Å². The number of sulfonamides is 3. The van der Waals surface area contributed by atoms with Crippen molar-refractivity contribution in [3.05, 3.63) is 29.8 Å². The fourth-order valence-electron chi connectivity index (χ4n) is 3.45. The summed E-state index contributed by atoms with van der Waals surface area (Å²) >= 11 is 0. The van der Waals surface area contributed by atoms with Gasteiger partial charge in [-0.25, -0.2) is 25.3 Å². The van der Waals surface area contributed by atoms with Crippen LogP contribution in [0.15, 0.2) is 29.2 Å². The molecule has 0 aliphatic carbocycles. The molecule has 0 saturated carbocycles. The number of rotatable bonds is 5. The highest BCUT2D eigenvalue weighted by Crippen LogP contribution is 2.42. The average molecular weight is 547 g/mol. The summed E-state index contributed by atoms with van der Waals surface area (Å²) in [5, 5.41) is 0. The Bertz CT molecular complexity index is 1160. The van der Waals surface area contributed by atoms with E-state index in [1.807, 2.05) is 0 Å². The molecule has 0 N–H and O–H groups in total. The molecule has 1 atom stereocenters. The van der Waals surface area contributed by atoms with Crippen LogP contribution in [0.2, 0.25) is 0 Å². The average Bonchev–Trinajstić information content (AvgIpc) is 2.58. The largest absolute Gasteiger partial charge is 0.512 e. The molecule has 0 radical (unpaired) electrons. The first-order valence-electron chi connectivity index (χ1n) is 9.03. The van der Waals surface area contributed by atoms with Crippen LogP contribution in [0.4, 0.5) is 26.3 Å². The van der Waals surface area contributed by atoms with Gasteiger partial charge in [-0.1, -0.05) is 35.3 Å². The van der Waals surface area contributed by atoms with Gasteiger partial charge in [0.25, 0.3) is 0 Å². The number of alkyl halides is 6. The smallest absolute Gasteiger partial charge is 0.207 e. The van der Waals surface area contributed by atoms with Crippen molar-refractivity contribution >= 4 is 30.1 Å². The fraction of sp³-hybridized carbons (Fsp3) is 0.625. The zero-order chi connectivity index (χ0) is 25.8. The molecule has 0 amide bonds. The summed E-state index contributed by atoms with van der Waals surface area (Å²) < 4.78 is 152. The summed E-state index contributed by atoms with van der Waals surface area (Å²) in [5.41, 5.74) is -13.5. The van der Waals surface area contributed by atoms with Crippen molar-refractivity contribution in [2.24, 2.45) is 5.41 Å². The van der Waals surface area contributed by atoms with Gasteiger partial charge in [-0.3, -0.25) is 0 Å². The number of benzene rings is 1. The molecular weight excluding hydrogens is 526 g/mol. The second kappa shape index (κ2) is 8.35. The molecule has 1 heterocycles. The molecule has 1 aromatic rings. The van der Waals surface area contributed by atoms with E-state index in [0.717, 1.165) is 12.1 Å². The van der Waals surface area contributed by atoms with Gasteiger partial charge in [-0.2, -0.15) is 30.6 Å². The molecule has 0 bridgehead atoms. The summed E-state index contributed by atoms with van der Waals surface area (Å²) in [5.74, 6) is 0. The van der Waals surface area contributed by atoms with Crippen LogP contribution in [-0.2, 0) is 30.1 Å². The molecule has 1 saturated heterocycles. The van der Waals surface area contributed by atoms with Gasteiger partial charge in [0.1, 0.15) is 0 Å². The molecular formula is C16H20F6N2O6S3. The third-order valence-corrected chi connectivity index (χ3v) is 10.5. The number of piperidine rings is 1. The van der Waals surface area contributed by atoms with Crippen molar-refractivity contribution in [1.29, 1.82) is 0 Å². The van der Waals surface area contributed by atoms with Gasteiger partial charge in [-0.05, 0) is 30.9 Å². The van der Waals surface area contributed by atoms with Crippen LogP contribution in [0, 0.1) is 12.3 Å². The van der Waals surface area contributed by atoms with E-state index in [9.17, 15) is 51.6 Å². The Morgan fingerprint density at radius 2 is 1.30 bits per heavy atom. The van der Waals surface area contributed by atoms with Crippen molar-refractivity contribution in [2.75, 3.05) is 13.1 Å². The summed E-state index contributed by atoms with van der Waals surface area (Å²) in [4.78, 5) is -0.353. The number of hydrogen-bond acceptors (Lipinski definition) is 6. The minimum atomic E-state index is -7.06.